The number of hydrogen-bond acceptors (Lipinski definition) is 3. The molecule has 1 aliphatic carbocycles. The first-order valence-electron chi connectivity index (χ1n) is 8.72. The summed E-state index contributed by atoms with van der Waals surface area (Å²) in [5, 5.41) is 10.6. The van der Waals surface area contributed by atoms with E-state index >= 15 is 0 Å². The molecule has 0 spiro atoms. The maximum absolute atomic E-state index is 12.7. The molecule has 1 unspecified atom stereocenters. The maximum Gasteiger partial charge on any atom is 0.240 e. The quantitative estimate of drug-likeness (QED) is 0.711. The standard InChI is InChI=1S/C20H18ClN3O2S/c21-16-5-7-18(8-6-16)27(25,26)23-17-11-14-3-1-4-19-20(14)15(12-17)13-24(19)10-2-9-22/h1,3-8,13,17,23H,2,10-12H2. The first-order chi connectivity index (χ1) is 13.0. The van der Waals surface area contributed by atoms with E-state index < -0.39 is 10.0 Å². The molecule has 0 radical (unpaired) electrons. The van der Waals surface area contributed by atoms with Gasteiger partial charge in [-0.15, -0.1) is 0 Å². The Morgan fingerprint density at radius 3 is 2.63 bits per heavy atom. The summed E-state index contributed by atoms with van der Waals surface area (Å²) in [7, 11) is -3.61. The lowest BCUT2D eigenvalue weighted by Crippen LogP contribution is -2.39. The van der Waals surface area contributed by atoms with Gasteiger partial charge < -0.3 is 4.57 Å². The predicted molar refractivity (Wildman–Crippen MR) is 105 cm³/mol. The summed E-state index contributed by atoms with van der Waals surface area (Å²) in [6, 6.07) is 14.2. The van der Waals surface area contributed by atoms with Gasteiger partial charge in [0.15, 0.2) is 0 Å². The zero-order chi connectivity index (χ0) is 19.0. The molecule has 0 aliphatic heterocycles. The second kappa shape index (κ2) is 7.01. The third kappa shape index (κ3) is 3.46. The summed E-state index contributed by atoms with van der Waals surface area (Å²) >= 11 is 5.86. The fourth-order valence-corrected chi connectivity index (χ4v) is 5.15. The Morgan fingerprint density at radius 1 is 1.15 bits per heavy atom. The lowest BCUT2D eigenvalue weighted by atomic mass is 9.90. The monoisotopic (exact) mass is 399 g/mol. The van der Waals surface area contributed by atoms with E-state index in [-0.39, 0.29) is 10.9 Å². The van der Waals surface area contributed by atoms with Gasteiger partial charge in [-0.05, 0) is 54.3 Å². The van der Waals surface area contributed by atoms with Crippen molar-refractivity contribution >= 4 is 32.5 Å². The number of aryl methyl sites for hydroxylation is 1. The Labute approximate surface area is 163 Å². The molecule has 7 heteroatoms. The lowest BCUT2D eigenvalue weighted by molar-refractivity contribution is 0.540. The van der Waals surface area contributed by atoms with E-state index in [0.29, 0.717) is 30.8 Å². The summed E-state index contributed by atoms with van der Waals surface area (Å²) in [5.41, 5.74) is 3.36. The Morgan fingerprint density at radius 2 is 1.89 bits per heavy atom. The number of nitriles is 1. The van der Waals surface area contributed by atoms with Crippen LogP contribution in [0, 0.1) is 11.3 Å². The molecule has 0 fully saturated rings. The number of halogens is 1. The minimum absolute atomic E-state index is 0.211. The molecule has 1 atom stereocenters. The van der Waals surface area contributed by atoms with Gasteiger partial charge in [-0.25, -0.2) is 13.1 Å². The average molecular weight is 400 g/mol. The topological polar surface area (TPSA) is 74.9 Å². The highest BCUT2D eigenvalue weighted by Crippen LogP contribution is 2.32. The van der Waals surface area contributed by atoms with Gasteiger partial charge in [-0.1, -0.05) is 23.7 Å². The first-order valence-corrected chi connectivity index (χ1v) is 10.6. The van der Waals surface area contributed by atoms with Gasteiger partial charge in [0, 0.05) is 34.7 Å². The van der Waals surface area contributed by atoms with E-state index in [1.54, 1.807) is 12.1 Å². The van der Waals surface area contributed by atoms with Crippen LogP contribution in [-0.4, -0.2) is 19.0 Å². The zero-order valence-electron chi connectivity index (χ0n) is 14.5. The first kappa shape index (κ1) is 18.1. The number of aromatic nitrogens is 1. The third-order valence-corrected chi connectivity index (χ3v) is 6.70. The molecule has 27 heavy (non-hydrogen) atoms. The molecule has 0 saturated heterocycles. The molecule has 1 N–H and O–H groups in total. The van der Waals surface area contributed by atoms with Gasteiger partial charge in [0.25, 0.3) is 0 Å². The van der Waals surface area contributed by atoms with Crippen LogP contribution in [0.25, 0.3) is 10.9 Å². The molecular formula is C20H18ClN3O2S. The lowest BCUT2D eigenvalue weighted by Gasteiger charge is -2.23. The molecule has 5 nitrogen and oxygen atoms in total. The third-order valence-electron chi connectivity index (χ3n) is 4.91. The summed E-state index contributed by atoms with van der Waals surface area (Å²) in [6.07, 6.45) is 3.76. The number of rotatable bonds is 5. The largest absolute Gasteiger partial charge is 0.346 e. The fraction of sp³-hybridized carbons (Fsp3) is 0.250. The van der Waals surface area contributed by atoms with E-state index in [4.69, 9.17) is 16.9 Å². The molecule has 138 valence electrons. The van der Waals surface area contributed by atoms with Crippen LogP contribution in [0.5, 0.6) is 0 Å². The highest BCUT2D eigenvalue weighted by molar-refractivity contribution is 7.89. The number of nitrogens with one attached hydrogen (secondary N) is 1. The number of nitrogens with zero attached hydrogens (tertiary/aromatic N) is 2. The number of benzene rings is 2. The number of sulfonamides is 1. The number of hydrogen-bond donors (Lipinski definition) is 1. The van der Waals surface area contributed by atoms with Gasteiger partial charge in [-0.3, -0.25) is 0 Å². The second-order valence-corrected chi connectivity index (χ2v) is 8.90. The van der Waals surface area contributed by atoms with Crippen molar-refractivity contribution in [2.45, 2.75) is 36.7 Å². The molecule has 4 rings (SSSR count). The van der Waals surface area contributed by atoms with E-state index in [1.807, 2.05) is 18.3 Å². The molecule has 2 aromatic carbocycles. The smallest absolute Gasteiger partial charge is 0.240 e. The highest BCUT2D eigenvalue weighted by Gasteiger charge is 2.27. The van der Waals surface area contributed by atoms with E-state index in [9.17, 15) is 8.42 Å². The molecule has 0 amide bonds. The van der Waals surface area contributed by atoms with Crippen LogP contribution in [-0.2, 0) is 29.4 Å². The van der Waals surface area contributed by atoms with Crippen LogP contribution in [0.3, 0.4) is 0 Å². The molecule has 3 aromatic rings. The molecule has 0 bridgehead atoms. The molecule has 0 saturated carbocycles. The summed E-state index contributed by atoms with van der Waals surface area (Å²) in [5.74, 6) is 0. The van der Waals surface area contributed by atoms with Gasteiger partial charge in [0.1, 0.15) is 0 Å². The Bertz CT molecular complexity index is 1140. The van der Waals surface area contributed by atoms with Crippen LogP contribution in [0.2, 0.25) is 5.02 Å². The molecule has 1 heterocycles. The van der Waals surface area contributed by atoms with Crippen molar-refractivity contribution in [1.82, 2.24) is 9.29 Å². The second-order valence-electron chi connectivity index (χ2n) is 6.75. The predicted octanol–water partition coefficient (Wildman–Crippen LogP) is 3.65. The SMILES string of the molecule is N#CCCn1cc2c3c(cccc31)CC(NS(=O)(=O)c1ccc(Cl)cc1)C2. The summed E-state index contributed by atoms with van der Waals surface area (Å²) in [6.45, 7) is 0.637. The van der Waals surface area contributed by atoms with Crippen molar-refractivity contribution in [2.24, 2.45) is 0 Å². The highest BCUT2D eigenvalue weighted by atomic mass is 35.5. The van der Waals surface area contributed by atoms with Crippen LogP contribution in [0.15, 0.2) is 53.6 Å². The minimum atomic E-state index is -3.61. The van der Waals surface area contributed by atoms with Crippen LogP contribution >= 0.6 is 11.6 Å². The average Bonchev–Trinajstić information content (AvgIpc) is 2.99. The van der Waals surface area contributed by atoms with Crippen molar-refractivity contribution in [3.05, 3.63) is 64.8 Å². The molecular weight excluding hydrogens is 382 g/mol. The van der Waals surface area contributed by atoms with Crippen molar-refractivity contribution in [2.75, 3.05) is 0 Å². The minimum Gasteiger partial charge on any atom is -0.346 e. The van der Waals surface area contributed by atoms with Crippen molar-refractivity contribution in [1.29, 1.82) is 5.26 Å². The van der Waals surface area contributed by atoms with Gasteiger partial charge >= 0.3 is 0 Å². The fourth-order valence-electron chi connectivity index (χ4n) is 3.79. The van der Waals surface area contributed by atoms with Crippen LogP contribution in [0.1, 0.15) is 17.5 Å². The Hall–Kier alpha value is -2.33. The van der Waals surface area contributed by atoms with Crippen LogP contribution in [0.4, 0.5) is 0 Å². The van der Waals surface area contributed by atoms with E-state index in [1.165, 1.54) is 17.5 Å². The summed E-state index contributed by atoms with van der Waals surface area (Å²) in [4.78, 5) is 0.211. The molecule has 1 aliphatic rings. The van der Waals surface area contributed by atoms with Crippen molar-refractivity contribution in [3.63, 3.8) is 0 Å². The van der Waals surface area contributed by atoms with Gasteiger partial charge in [-0.2, -0.15) is 5.26 Å². The van der Waals surface area contributed by atoms with Gasteiger partial charge in [0.2, 0.25) is 10.0 Å². The Kier molecular flexibility index (Phi) is 4.68. The van der Waals surface area contributed by atoms with Crippen molar-refractivity contribution in [3.8, 4) is 6.07 Å². The summed E-state index contributed by atoms with van der Waals surface area (Å²) < 4.78 is 30.4. The zero-order valence-corrected chi connectivity index (χ0v) is 16.1. The van der Waals surface area contributed by atoms with Crippen LogP contribution < -0.4 is 4.72 Å². The van der Waals surface area contributed by atoms with E-state index in [0.717, 1.165) is 16.6 Å². The van der Waals surface area contributed by atoms with Gasteiger partial charge in [0.05, 0.1) is 17.4 Å². The molecule has 1 aromatic heterocycles. The normalized spacial score (nSPS) is 16.4. The Balaban J connectivity index is 1.62. The van der Waals surface area contributed by atoms with E-state index in [2.05, 4.69) is 21.4 Å². The van der Waals surface area contributed by atoms with Crippen molar-refractivity contribution < 1.29 is 8.42 Å². The maximum atomic E-state index is 12.7.